The highest BCUT2D eigenvalue weighted by Crippen LogP contribution is 2.52. The van der Waals surface area contributed by atoms with Crippen LogP contribution in [-0.2, 0) is 20.4 Å². The number of benzene rings is 6. The van der Waals surface area contributed by atoms with E-state index in [1.807, 2.05) is 12.1 Å². The maximum atomic E-state index is 12.0. The van der Waals surface area contributed by atoms with Crippen molar-refractivity contribution in [2.24, 2.45) is 0 Å². The first-order valence-electron chi connectivity index (χ1n) is 19.2. The largest absolute Gasteiger partial charge is 0.493 e. The maximum absolute atomic E-state index is 12.0. The van der Waals surface area contributed by atoms with Crippen LogP contribution in [-0.4, -0.2) is 19.2 Å². The summed E-state index contributed by atoms with van der Waals surface area (Å²) in [7, 11) is 0. The number of carbonyl (C=O) groups excluding carboxylic acids is 1. The number of esters is 1. The fourth-order valence-electron chi connectivity index (χ4n) is 8.86. The zero-order valence-electron chi connectivity index (χ0n) is 32.5. The van der Waals surface area contributed by atoms with Crippen LogP contribution in [0.2, 0.25) is 0 Å². The Bertz CT molecular complexity index is 2780. The van der Waals surface area contributed by atoms with Crippen LogP contribution in [0.25, 0.3) is 66.4 Å². The number of hydrogen-bond acceptors (Lipinski definition) is 5. The number of hydrogen-bond donors (Lipinski definition) is 0. The van der Waals surface area contributed by atoms with Crippen molar-refractivity contribution in [2.75, 3.05) is 13.2 Å². The lowest BCUT2D eigenvalue weighted by Gasteiger charge is -2.22. The van der Waals surface area contributed by atoms with E-state index in [0.717, 1.165) is 33.0 Å². The Morgan fingerprint density at radius 1 is 0.625 bits per heavy atom. The summed E-state index contributed by atoms with van der Waals surface area (Å²) in [6, 6.07) is 39.1. The zero-order valence-corrected chi connectivity index (χ0v) is 32.5. The van der Waals surface area contributed by atoms with Gasteiger partial charge in [0.1, 0.15) is 22.7 Å². The molecule has 2 aliphatic carbocycles. The first kappa shape index (κ1) is 35.4. The Balaban J connectivity index is 1.17. The molecular weight excluding hydrogens is 693 g/mol. The summed E-state index contributed by atoms with van der Waals surface area (Å²) in [6.07, 6.45) is 1.99. The average Bonchev–Trinajstić information content (AvgIpc) is 3.75. The van der Waals surface area contributed by atoms with Gasteiger partial charge in [-0.05, 0) is 86.8 Å². The molecule has 0 atom stereocenters. The van der Waals surface area contributed by atoms with Crippen molar-refractivity contribution in [1.82, 2.24) is 0 Å². The van der Waals surface area contributed by atoms with Crippen LogP contribution in [0.15, 0.2) is 139 Å². The molecule has 6 aromatic carbocycles. The highest BCUT2D eigenvalue weighted by Gasteiger charge is 2.37. The minimum absolute atomic E-state index is 0.142. The summed E-state index contributed by atoms with van der Waals surface area (Å²) in [5, 5.41) is 1.95. The van der Waals surface area contributed by atoms with E-state index >= 15 is 0 Å². The van der Waals surface area contributed by atoms with Gasteiger partial charge in [-0.15, -0.1) is 0 Å². The van der Waals surface area contributed by atoms with Crippen molar-refractivity contribution in [3.8, 4) is 56.0 Å². The second kappa shape index (κ2) is 13.2. The SMILES string of the molecule is C=COc1cc2oc3cc(OCCCOC(=O)C(=C)C)c(-c4ccc5c(c4)C(C)(C)c4ccccc4-5)cc3c2cc1-c1ccc2c(c1)C(C)(C)c1ccccc1-2. The molecule has 7 aromatic rings. The van der Waals surface area contributed by atoms with E-state index in [4.69, 9.17) is 18.6 Å². The molecule has 0 radical (unpaired) electrons. The van der Waals surface area contributed by atoms with Gasteiger partial charge in [-0.2, -0.15) is 0 Å². The van der Waals surface area contributed by atoms with E-state index in [1.54, 1.807) is 6.92 Å². The normalized spacial score (nSPS) is 14.2. The molecule has 0 N–H and O–H groups in total. The molecule has 9 rings (SSSR count). The third-order valence-electron chi connectivity index (χ3n) is 11.8. The van der Waals surface area contributed by atoms with E-state index in [9.17, 15) is 4.79 Å². The van der Waals surface area contributed by atoms with Gasteiger partial charge >= 0.3 is 5.97 Å². The van der Waals surface area contributed by atoms with Gasteiger partial charge in [-0.1, -0.05) is 114 Å². The van der Waals surface area contributed by atoms with Crippen LogP contribution < -0.4 is 9.47 Å². The van der Waals surface area contributed by atoms with Gasteiger partial charge in [0.15, 0.2) is 0 Å². The lowest BCUT2D eigenvalue weighted by molar-refractivity contribution is -0.139. The second-order valence-electron chi connectivity index (χ2n) is 16.1. The molecule has 56 heavy (non-hydrogen) atoms. The quantitative estimate of drug-likeness (QED) is 0.0606. The van der Waals surface area contributed by atoms with Crippen molar-refractivity contribution in [1.29, 1.82) is 0 Å². The monoisotopic (exact) mass is 736 g/mol. The average molecular weight is 737 g/mol. The fraction of sp³-hybridized carbons (Fsp3) is 0.196. The van der Waals surface area contributed by atoms with E-state index in [1.165, 1.54) is 50.8 Å². The van der Waals surface area contributed by atoms with Crippen LogP contribution >= 0.6 is 0 Å². The van der Waals surface area contributed by atoms with Gasteiger partial charge in [-0.3, -0.25) is 0 Å². The highest BCUT2D eigenvalue weighted by molar-refractivity contribution is 6.09. The molecule has 0 spiro atoms. The predicted octanol–water partition coefficient (Wildman–Crippen LogP) is 12.9. The molecule has 2 aliphatic rings. The molecule has 5 heteroatoms. The summed E-state index contributed by atoms with van der Waals surface area (Å²) in [5.41, 5.74) is 15.8. The van der Waals surface area contributed by atoms with Crippen LogP contribution in [0, 0.1) is 0 Å². The van der Waals surface area contributed by atoms with E-state index < -0.39 is 5.97 Å². The van der Waals surface area contributed by atoms with Crippen molar-refractivity contribution < 1.29 is 23.4 Å². The topological polar surface area (TPSA) is 57.9 Å². The molecule has 278 valence electrons. The summed E-state index contributed by atoms with van der Waals surface area (Å²) in [6.45, 7) is 19.0. The van der Waals surface area contributed by atoms with Gasteiger partial charge in [0.05, 0.1) is 19.5 Å². The van der Waals surface area contributed by atoms with Gasteiger partial charge in [0, 0.05) is 56.9 Å². The Hall–Kier alpha value is -6.33. The Labute approximate surface area is 327 Å². The molecular formula is C51H44O5. The first-order valence-corrected chi connectivity index (χ1v) is 19.2. The molecule has 0 bridgehead atoms. The molecule has 0 fully saturated rings. The Kier molecular flexibility index (Phi) is 8.31. The van der Waals surface area contributed by atoms with Crippen molar-refractivity contribution in [2.45, 2.75) is 51.9 Å². The van der Waals surface area contributed by atoms with Crippen molar-refractivity contribution >= 4 is 27.9 Å². The predicted molar refractivity (Wildman–Crippen MR) is 226 cm³/mol. The lowest BCUT2D eigenvalue weighted by Crippen LogP contribution is -2.14. The smallest absolute Gasteiger partial charge is 0.333 e. The molecule has 0 aliphatic heterocycles. The summed E-state index contributed by atoms with van der Waals surface area (Å²) >= 11 is 0. The van der Waals surface area contributed by atoms with Crippen molar-refractivity contribution in [3.05, 3.63) is 156 Å². The fourth-order valence-corrected chi connectivity index (χ4v) is 8.86. The van der Waals surface area contributed by atoms with E-state index in [0.29, 0.717) is 41.3 Å². The lowest BCUT2D eigenvalue weighted by atomic mass is 9.81. The van der Waals surface area contributed by atoms with Gasteiger partial charge < -0.3 is 18.6 Å². The first-order chi connectivity index (χ1) is 27.0. The zero-order chi connectivity index (χ0) is 38.9. The molecule has 0 unspecified atom stereocenters. The third kappa shape index (κ3) is 5.56. The number of rotatable bonds is 10. The van der Waals surface area contributed by atoms with Gasteiger partial charge in [0.25, 0.3) is 0 Å². The van der Waals surface area contributed by atoms with Crippen LogP contribution in [0.1, 0.15) is 63.3 Å². The third-order valence-corrected chi connectivity index (χ3v) is 11.8. The van der Waals surface area contributed by atoms with Gasteiger partial charge in [0.2, 0.25) is 0 Å². The summed E-state index contributed by atoms with van der Waals surface area (Å²) in [4.78, 5) is 12.0. The van der Waals surface area contributed by atoms with Crippen LogP contribution in [0.4, 0.5) is 0 Å². The Morgan fingerprint density at radius 3 is 1.66 bits per heavy atom. The number of carbonyl (C=O) groups is 1. The number of ether oxygens (including phenoxy) is 3. The molecule has 1 heterocycles. The highest BCUT2D eigenvalue weighted by atomic mass is 16.5. The van der Waals surface area contributed by atoms with Crippen molar-refractivity contribution in [3.63, 3.8) is 0 Å². The minimum atomic E-state index is -0.399. The molecule has 0 amide bonds. The maximum Gasteiger partial charge on any atom is 0.333 e. The minimum Gasteiger partial charge on any atom is -0.493 e. The second-order valence-corrected chi connectivity index (χ2v) is 16.1. The van der Waals surface area contributed by atoms with Gasteiger partial charge in [-0.25, -0.2) is 4.79 Å². The van der Waals surface area contributed by atoms with E-state index in [-0.39, 0.29) is 17.4 Å². The molecule has 0 saturated heterocycles. The number of furan rings is 1. The van der Waals surface area contributed by atoms with Crippen LogP contribution in [0.5, 0.6) is 11.5 Å². The van der Waals surface area contributed by atoms with E-state index in [2.05, 4.69) is 138 Å². The molecule has 5 nitrogen and oxygen atoms in total. The summed E-state index contributed by atoms with van der Waals surface area (Å²) < 4.78 is 24.5. The Morgan fingerprint density at radius 2 is 1.12 bits per heavy atom. The standard InChI is InChI=1S/C51H44O5/c1-8-53-45-28-47-39(26-37(45)31-18-20-35-33-14-9-11-16-41(33)50(4,5)43(35)24-31)40-27-38(46(29-48(40)56-47)54-22-13-23-55-49(52)30(2)3)32-19-21-36-34-15-10-12-17-42(34)51(6,7)44(36)25-32/h8-12,14-21,24-29H,1-2,13,22-23H2,3-7H3. The summed E-state index contributed by atoms with van der Waals surface area (Å²) in [5.74, 6) is 0.963. The number of fused-ring (bicyclic) bond motifs is 9. The molecule has 1 aromatic heterocycles. The van der Waals surface area contributed by atoms with Crippen LogP contribution in [0.3, 0.4) is 0 Å². The molecule has 0 saturated carbocycles.